The molecule has 1 aliphatic carbocycles. The molecule has 0 saturated heterocycles. The van der Waals surface area contributed by atoms with E-state index >= 15 is 0 Å². The number of methoxy groups -OCH3 is 1. The molecule has 2 rings (SSSR count). The summed E-state index contributed by atoms with van der Waals surface area (Å²) in [6.07, 6.45) is 4.83. The van der Waals surface area contributed by atoms with Gasteiger partial charge >= 0.3 is 0 Å². The molecule has 0 atom stereocenters. The minimum absolute atomic E-state index is 0.407. The van der Waals surface area contributed by atoms with E-state index in [1.54, 1.807) is 7.11 Å². The fourth-order valence-electron chi connectivity index (χ4n) is 2.55. The van der Waals surface area contributed by atoms with Crippen LogP contribution in [0.2, 0.25) is 0 Å². The summed E-state index contributed by atoms with van der Waals surface area (Å²) in [4.78, 5) is 0. The van der Waals surface area contributed by atoms with E-state index < -0.39 is 0 Å². The van der Waals surface area contributed by atoms with Crippen LogP contribution in [0.1, 0.15) is 25.7 Å². The van der Waals surface area contributed by atoms with Gasteiger partial charge in [0.05, 0.1) is 7.11 Å². The van der Waals surface area contributed by atoms with Gasteiger partial charge in [-0.15, -0.1) is 11.6 Å². The third-order valence-electron chi connectivity index (χ3n) is 3.82. The minimum Gasteiger partial charge on any atom is -0.497 e. The van der Waals surface area contributed by atoms with E-state index in [1.807, 2.05) is 24.3 Å². The average Bonchev–Trinajstić information content (AvgIpc) is 2.49. The van der Waals surface area contributed by atoms with Crippen molar-refractivity contribution < 1.29 is 9.47 Å². The van der Waals surface area contributed by atoms with Gasteiger partial charge < -0.3 is 14.8 Å². The molecule has 20 heavy (non-hydrogen) atoms. The highest BCUT2D eigenvalue weighted by atomic mass is 35.5. The van der Waals surface area contributed by atoms with Crippen molar-refractivity contribution in [3.63, 3.8) is 0 Å². The van der Waals surface area contributed by atoms with Gasteiger partial charge in [-0.3, -0.25) is 0 Å². The van der Waals surface area contributed by atoms with Gasteiger partial charge in [-0.2, -0.15) is 0 Å². The zero-order valence-corrected chi connectivity index (χ0v) is 12.9. The van der Waals surface area contributed by atoms with Crippen molar-refractivity contribution >= 4 is 11.6 Å². The van der Waals surface area contributed by atoms with E-state index in [4.69, 9.17) is 21.1 Å². The van der Waals surface area contributed by atoms with Crippen LogP contribution < -0.4 is 14.8 Å². The lowest BCUT2D eigenvalue weighted by Gasteiger charge is -2.25. The number of alkyl halides is 1. The maximum Gasteiger partial charge on any atom is 0.119 e. The van der Waals surface area contributed by atoms with E-state index in [0.29, 0.717) is 12.0 Å². The highest BCUT2D eigenvalue weighted by molar-refractivity contribution is 6.20. The molecule has 0 spiro atoms. The van der Waals surface area contributed by atoms with Crippen LogP contribution in [-0.4, -0.2) is 32.2 Å². The quantitative estimate of drug-likeness (QED) is 0.617. The molecule has 0 bridgehead atoms. The second kappa shape index (κ2) is 8.38. The molecule has 4 heteroatoms. The number of nitrogens with one attached hydrogen (secondary N) is 1. The molecule has 0 aromatic heterocycles. The van der Waals surface area contributed by atoms with Gasteiger partial charge in [-0.25, -0.2) is 0 Å². The number of rotatable bonds is 7. The summed E-state index contributed by atoms with van der Waals surface area (Å²) < 4.78 is 10.8. The summed E-state index contributed by atoms with van der Waals surface area (Å²) in [6, 6.07) is 7.68. The first-order valence-electron chi connectivity index (χ1n) is 7.39. The molecular formula is C16H24ClNO2. The van der Waals surface area contributed by atoms with Crippen LogP contribution in [-0.2, 0) is 0 Å². The predicted molar refractivity (Wildman–Crippen MR) is 83.0 cm³/mol. The van der Waals surface area contributed by atoms with Crippen LogP contribution in [0.15, 0.2) is 24.3 Å². The Bertz CT molecular complexity index is 375. The fourth-order valence-corrected chi connectivity index (χ4v) is 2.80. The zero-order valence-electron chi connectivity index (χ0n) is 12.1. The third-order valence-corrected chi connectivity index (χ3v) is 4.25. The first kappa shape index (κ1) is 15.5. The summed E-state index contributed by atoms with van der Waals surface area (Å²) in [5, 5.41) is 3.88. The maximum absolute atomic E-state index is 6.11. The van der Waals surface area contributed by atoms with Gasteiger partial charge in [0.1, 0.15) is 18.1 Å². The van der Waals surface area contributed by atoms with Gasteiger partial charge in [0, 0.05) is 11.9 Å². The summed E-state index contributed by atoms with van der Waals surface area (Å²) in [5.41, 5.74) is 0. The zero-order chi connectivity index (χ0) is 14.2. The van der Waals surface area contributed by atoms with Crippen LogP contribution in [0.4, 0.5) is 0 Å². The molecule has 1 saturated carbocycles. The van der Waals surface area contributed by atoms with Crippen molar-refractivity contribution in [2.75, 3.05) is 26.8 Å². The Morgan fingerprint density at radius 2 is 1.75 bits per heavy atom. The Morgan fingerprint density at radius 1 is 1.10 bits per heavy atom. The molecular weight excluding hydrogens is 274 g/mol. The third kappa shape index (κ3) is 5.22. The van der Waals surface area contributed by atoms with Crippen molar-refractivity contribution in [3.8, 4) is 11.5 Å². The SMILES string of the molecule is COc1ccc(OCCNCC2CCC(Cl)CC2)cc1. The summed E-state index contributed by atoms with van der Waals surface area (Å²) >= 11 is 6.11. The van der Waals surface area contributed by atoms with Gasteiger partial charge in [-0.05, 0) is 62.4 Å². The molecule has 0 aliphatic heterocycles. The van der Waals surface area contributed by atoms with Crippen LogP contribution in [0.5, 0.6) is 11.5 Å². The molecule has 0 heterocycles. The van der Waals surface area contributed by atoms with Crippen LogP contribution in [0.3, 0.4) is 0 Å². The summed E-state index contributed by atoms with van der Waals surface area (Å²) in [7, 11) is 1.66. The van der Waals surface area contributed by atoms with Crippen LogP contribution in [0, 0.1) is 5.92 Å². The standard InChI is InChI=1S/C16H24ClNO2/c1-19-15-6-8-16(9-7-15)20-11-10-18-12-13-2-4-14(17)5-3-13/h6-9,13-14,18H,2-5,10-12H2,1H3. The molecule has 0 amide bonds. The monoisotopic (exact) mass is 297 g/mol. The normalized spacial score (nSPS) is 22.5. The van der Waals surface area contributed by atoms with E-state index in [-0.39, 0.29) is 0 Å². The molecule has 3 nitrogen and oxygen atoms in total. The Labute approximate surface area is 126 Å². The average molecular weight is 298 g/mol. The van der Waals surface area contributed by atoms with Gasteiger partial charge in [-0.1, -0.05) is 0 Å². The van der Waals surface area contributed by atoms with Crippen molar-refractivity contribution in [1.82, 2.24) is 5.32 Å². The minimum atomic E-state index is 0.407. The van der Waals surface area contributed by atoms with E-state index in [0.717, 1.165) is 43.3 Å². The molecule has 1 aromatic carbocycles. The number of halogens is 1. The molecule has 1 aliphatic rings. The lowest BCUT2D eigenvalue weighted by atomic mass is 9.89. The number of hydrogen-bond donors (Lipinski definition) is 1. The first-order chi connectivity index (χ1) is 9.78. The molecule has 1 fully saturated rings. The number of hydrogen-bond acceptors (Lipinski definition) is 3. The second-order valence-corrected chi connectivity index (χ2v) is 5.96. The number of ether oxygens (including phenoxy) is 2. The maximum atomic E-state index is 6.11. The topological polar surface area (TPSA) is 30.5 Å². The number of benzene rings is 1. The van der Waals surface area contributed by atoms with Gasteiger partial charge in [0.15, 0.2) is 0 Å². The Balaban J connectivity index is 1.55. The summed E-state index contributed by atoms with van der Waals surface area (Å²) in [6.45, 7) is 2.65. The van der Waals surface area contributed by atoms with E-state index in [1.165, 1.54) is 12.8 Å². The van der Waals surface area contributed by atoms with Crippen molar-refractivity contribution in [2.24, 2.45) is 5.92 Å². The Hall–Kier alpha value is -0.930. The van der Waals surface area contributed by atoms with E-state index in [9.17, 15) is 0 Å². The predicted octanol–water partition coefficient (Wildman–Crippen LogP) is 3.46. The van der Waals surface area contributed by atoms with E-state index in [2.05, 4.69) is 5.32 Å². The van der Waals surface area contributed by atoms with Crippen molar-refractivity contribution in [2.45, 2.75) is 31.1 Å². The molecule has 112 valence electrons. The highest BCUT2D eigenvalue weighted by Gasteiger charge is 2.18. The van der Waals surface area contributed by atoms with Crippen molar-refractivity contribution in [1.29, 1.82) is 0 Å². The second-order valence-electron chi connectivity index (χ2n) is 5.35. The Kier molecular flexibility index (Phi) is 6.48. The lowest BCUT2D eigenvalue weighted by Crippen LogP contribution is -2.29. The largest absolute Gasteiger partial charge is 0.497 e. The summed E-state index contributed by atoms with van der Waals surface area (Å²) in [5.74, 6) is 2.52. The molecule has 1 N–H and O–H groups in total. The van der Waals surface area contributed by atoms with Gasteiger partial charge in [0.2, 0.25) is 0 Å². The molecule has 1 aromatic rings. The van der Waals surface area contributed by atoms with Crippen LogP contribution in [0.25, 0.3) is 0 Å². The fraction of sp³-hybridized carbons (Fsp3) is 0.625. The highest BCUT2D eigenvalue weighted by Crippen LogP contribution is 2.26. The lowest BCUT2D eigenvalue weighted by molar-refractivity contribution is 0.295. The molecule has 0 radical (unpaired) electrons. The van der Waals surface area contributed by atoms with Crippen LogP contribution >= 0.6 is 11.6 Å². The first-order valence-corrected chi connectivity index (χ1v) is 7.83. The van der Waals surface area contributed by atoms with Gasteiger partial charge in [0.25, 0.3) is 0 Å². The molecule has 0 unspecified atom stereocenters. The smallest absolute Gasteiger partial charge is 0.119 e. The van der Waals surface area contributed by atoms with Crippen molar-refractivity contribution in [3.05, 3.63) is 24.3 Å². The Morgan fingerprint density at radius 3 is 2.40 bits per heavy atom.